The van der Waals surface area contributed by atoms with E-state index < -0.39 is 0 Å². The van der Waals surface area contributed by atoms with E-state index in [2.05, 4.69) is 10.4 Å². The van der Waals surface area contributed by atoms with Gasteiger partial charge in [-0.2, -0.15) is 5.10 Å². The molecule has 0 fully saturated rings. The predicted octanol–water partition coefficient (Wildman–Crippen LogP) is 5.58. The maximum Gasteiger partial charge on any atom is 0.259 e. The second-order valence-electron chi connectivity index (χ2n) is 6.14. The Kier molecular flexibility index (Phi) is 4.91. The molecule has 0 aliphatic rings. The van der Waals surface area contributed by atoms with E-state index >= 15 is 0 Å². The lowest BCUT2D eigenvalue weighted by Gasteiger charge is -2.05. The molecule has 0 saturated carbocycles. The van der Waals surface area contributed by atoms with Gasteiger partial charge in [-0.25, -0.2) is 9.07 Å². The van der Waals surface area contributed by atoms with Crippen LogP contribution in [0.3, 0.4) is 0 Å². The van der Waals surface area contributed by atoms with Crippen LogP contribution in [0, 0.1) is 5.82 Å². The van der Waals surface area contributed by atoms with Gasteiger partial charge in [-0.15, -0.1) is 0 Å². The number of carbonyl (C=O) groups is 1. The fraction of sp³-hybridized carbons (Fsp3) is 0. The van der Waals surface area contributed by atoms with E-state index in [0.29, 0.717) is 22.0 Å². The topological polar surface area (TPSA) is 46.9 Å². The molecular formula is C22H15ClFN3O. The molecule has 0 spiro atoms. The number of halogens is 2. The van der Waals surface area contributed by atoms with E-state index in [1.54, 1.807) is 29.1 Å². The number of rotatable bonds is 4. The minimum absolute atomic E-state index is 0.344. The summed E-state index contributed by atoms with van der Waals surface area (Å²) in [4.78, 5) is 12.9. The molecule has 1 N–H and O–H groups in total. The zero-order valence-electron chi connectivity index (χ0n) is 14.6. The quantitative estimate of drug-likeness (QED) is 0.493. The van der Waals surface area contributed by atoms with Crippen LogP contribution in [0.4, 0.5) is 10.1 Å². The maximum atomic E-state index is 13.1. The van der Waals surface area contributed by atoms with E-state index in [0.717, 1.165) is 11.3 Å². The highest BCUT2D eigenvalue weighted by Crippen LogP contribution is 2.27. The molecule has 0 saturated heterocycles. The van der Waals surface area contributed by atoms with E-state index in [1.807, 2.05) is 36.4 Å². The van der Waals surface area contributed by atoms with Crippen LogP contribution in [0.1, 0.15) is 10.4 Å². The number of nitrogens with one attached hydrogen (secondary N) is 1. The highest BCUT2D eigenvalue weighted by molar-refractivity contribution is 6.30. The van der Waals surface area contributed by atoms with Crippen molar-refractivity contribution < 1.29 is 9.18 Å². The third-order valence-corrected chi connectivity index (χ3v) is 4.41. The van der Waals surface area contributed by atoms with Crippen LogP contribution >= 0.6 is 11.6 Å². The molecule has 0 bridgehead atoms. The Hall–Kier alpha value is -3.44. The Balaban J connectivity index is 1.76. The summed E-state index contributed by atoms with van der Waals surface area (Å²) in [5.41, 5.74) is 2.94. The van der Waals surface area contributed by atoms with Crippen molar-refractivity contribution in [2.24, 2.45) is 0 Å². The van der Waals surface area contributed by atoms with Gasteiger partial charge in [0.1, 0.15) is 11.5 Å². The molecule has 0 aliphatic heterocycles. The van der Waals surface area contributed by atoms with Crippen LogP contribution in [0.2, 0.25) is 5.02 Å². The number of nitrogens with zero attached hydrogens (tertiary/aromatic N) is 2. The molecule has 0 atom stereocenters. The number of hydrogen-bond donors (Lipinski definition) is 1. The van der Waals surface area contributed by atoms with Gasteiger partial charge >= 0.3 is 0 Å². The van der Waals surface area contributed by atoms with Crippen molar-refractivity contribution in [3.63, 3.8) is 0 Å². The Morgan fingerprint density at radius 1 is 0.964 bits per heavy atom. The smallest absolute Gasteiger partial charge is 0.259 e. The molecule has 6 heteroatoms. The van der Waals surface area contributed by atoms with Crippen molar-refractivity contribution in [3.05, 3.63) is 101 Å². The maximum absolute atomic E-state index is 13.1. The van der Waals surface area contributed by atoms with Crippen molar-refractivity contribution in [2.75, 3.05) is 5.32 Å². The minimum Gasteiger partial charge on any atom is -0.322 e. The Labute approximate surface area is 166 Å². The lowest BCUT2D eigenvalue weighted by Crippen LogP contribution is -2.12. The van der Waals surface area contributed by atoms with Gasteiger partial charge < -0.3 is 5.32 Å². The third-order valence-electron chi connectivity index (χ3n) is 4.18. The first-order valence-corrected chi connectivity index (χ1v) is 8.96. The fourth-order valence-electron chi connectivity index (χ4n) is 2.83. The van der Waals surface area contributed by atoms with Crippen LogP contribution in [-0.2, 0) is 0 Å². The van der Waals surface area contributed by atoms with E-state index in [9.17, 15) is 9.18 Å². The number of benzene rings is 3. The molecule has 1 amide bonds. The molecule has 3 aromatic carbocycles. The number of carbonyl (C=O) groups excluding carboxylic acids is 1. The Morgan fingerprint density at radius 2 is 1.71 bits per heavy atom. The molecular weight excluding hydrogens is 377 g/mol. The lowest BCUT2D eigenvalue weighted by molar-refractivity contribution is 0.102. The first-order valence-electron chi connectivity index (χ1n) is 8.58. The summed E-state index contributed by atoms with van der Waals surface area (Å²) < 4.78 is 14.8. The van der Waals surface area contributed by atoms with Gasteiger partial charge in [0.15, 0.2) is 0 Å². The number of para-hydroxylation sites is 1. The van der Waals surface area contributed by atoms with Gasteiger partial charge in [0, 0.05) is 22.5 Å². The SMILES string of the molecule is O=C(Nc1ccc(F)cc1)c1cn(-c2ccccc2)nc1-c1cccc(Cl)c1. The van der Waals surface area contributed by atoms with E-state index in [-0.39, 0.29) is 11.7 Å². The van der Waals surface area contributed by atoms with Crippen LogP contribution in [0.25, 0.3) is 16.9 Å². The standard InChI is InChI=1S/C22H15ClFN3O/c23-16-6-4-5-15(13-16)21-20(14-27(26-21)19-7-2-1-3-8-19)22(28)25-18-11-9-17(24)10-12-18/h1-14H,(H,25,28). The first kappa shape index (κ1) is 17.9. The van der Waals surface area contributed by atoms with Crippen LogP contribution in [0.5, 0.6) is 0 Å². The Morgan fingerprint density at radius 3 is 2.43 bits per heavy atom. The molecule has 28 heavy (non-hydrogen) atoms. The molecule has 4 aromatic rings. The zero-order valence-corrected chi connectivity index (χ0v) is 15.4. The number of aromatic nitrogens is 2. The van der Waals surface area contributed by atoms with E-state index in [1.165, 1.54) is 24.3 Å². The van der Waals surface area contributed by atoms with Crippen molar-refractivity contribution in [1.82, 2.24) is 9.78 Å². The average Bonchev–Trinajstić information content (AvgIpc) is 3.16. The summed E-state index contributed by atoms with van der Waals surface area (Å²) >= 11 is 6.12. The Bertz CT molecular complexity index is 1120. The van der Waals surface area contributed by atoms with E-state index in [4.69, 9.17) is 11.6 Å². The largest absolute Gasteiger partial charge is 0.322 e. The molecule has 0 aliphatic carbocycles. The zero-order chi connectivity index (χ0) is 19.5. The van der Waals surface area contributed by atoms with Crippen LogP contribution in [0.15, 0.2) is 85.1 Å². The average molecular weight is 392 g/mol. The molecule has 4 rings (SSSR count). The molecule has 0 radical (unpaired) electrons. The van der Waals surface area contributed by atoms with Crippen LogP contribution in [-0.4, -0.2) is 15.7 Å². The molecule has 138 valence electrons. The first-order chi connectivity index (χ1) is 13.6. The van der Waals surface area contributed by atoms with Crippen LogP contribution < -0.4 is 5.32 Å². The summed E-state index contributed by atoms with van der Waals surface area (Å²) in [5.74, 6) is -0.710. The van der Waals surface area contributed by atoms with Gasteiger partial charge in [-0.05, 0) is 48.5 Å². The number of anilines is 1. The monoisotopic (exact) mass is 391 g/mol. The van der Waals surface area contributed by atoms with Crippen molar-refractivity contribution in [2.45, 2.75) is 0 Å². The van der Waals surface area contributed by atoms with Gasteiger partial charge in [0.05, 0.1) is 11.3 Å². The molecule has 0 unspecified atom stereocenters. The second kappa shape index (κ2) is 7.66. The number of amides is 1. The summed E-state index contributed by atoms with van der Waals surface area (Å²) in [6, 6.07) is 22.3. The highest BCUT2D eigenvalue weighted by Gasteiger charge is 2.19. The van der Waals surface area contributed by atoms with Crippen molar-refractivity contribution >= 4 is 23.2 Å². The predicted molar refractivity (Wildman–Crippen MR) is 108 cm³/mol. The van der Waals surface area contributed by atoms with Gasteiger partial charge in [0.2, 0.25) is 0 Å². The summed E-state index contributed by atoms with van der Waals surface area (Å²) in [7, 11) is 0. The van der Waals surface area contributed by atoms with Crippen molar-refractivity contribution in [3.8, 4) is 16.9 Å². The van der Waals surface area contributed by atoms with Gasteiger partial charge in [0.25, 0.3) is 5.91 Å². The second-order valence-corrected chi connectivity index (χ2v) is 6.58. The highest BCUT2D eigenvalue weighted by atomic mass is 35.5. The summed E-state index contributed by atoms with van der Waals surface area (Å²) in [6.07, 6.45) is 1.67. The van der Waals surface area contributed by atoms with Gasteiger partial charge in [-0.1, -0.05) is 41.9 Å². The van der Waals surface area contributed by atoms with Gasteiger partial charge in [-0.3, -0.25) is 4.79 Å². The van der Waals surface area contributed by atoms with Crippen molar-refractivity contribution in [1.29, 1.82) is 0 Å². The molecule has 1 heterocycles. The fourth-order valence-corrected chi connectivity index (χ4v) is 3.02. The molecule has 1 aromatic heterocycles. The third kappa shape index (κ3) is 3.80. The molecule has 4 nitrogen and oxygen atoms in total. The summed E-state index contributed by atoms with van der Waals surface area (Å²) in [5, 5.41) is 7.94. The minimum atomic E-state index is -0.366. The number of hydrogen-bond acceptors (Lipinski definition) is 2. The summed E-state index contributed by atoms with van der Waals surface area (Å²) in [6.45, 7) is 0. The lowest BCUT2D eigenvalue weighted by atomic mass is 10.1. The normalized spacial score (nSPS) is 10.6.